The summed E-state index contributed by atoms with van der Waals surface area (Å²) in [4.78, 5) is 23.3. The Morgan fingerprint density at radius 1 is 0.952 bits per heavy atom. The van der Waals surface area contributed by atoms with Gasteiger partial charge in [0, 0.05) is 5.56 Å². The van der Waals surface area contributed by atoms with Crippen molar-refractivity contribution in [1.82, 2.24) is 0 Å². The molecule has 0 aliphatic rings. The molecule has 0 atom stereocenters. The molecule has 5 nitrogen and oxygen atoms in total. The Kier molecular flexibility index (Phi) is 4.23. The van der Waals surface area contributed by atoms with Gasteiger partial charge < -0.3 is 14.6 Å². The van der Waals surface area contributed by atoms with Gasteiger partial charge in [-0.3, -0.25) is 4.79 Å². The number of phenols is 1. The molecule has 0 radical (unpaired) electrons. The van der Waals surface area contributed by atoms with Gasteiger partial charge in [-0.15, -0.1) is 0 Å². The van der Waals surface area contributed by atoms with Gasteiger partial charge in [0.05, 0.1) is 12.7 Å². The van der Waals surface area contributed by atoms with Gasteiger partial charge in [0.15, 0.2) is 17.3 Å². The zero-order chi connectivity index (χ0) is 15.4. The smallest absolute Gasteiger partial charge is 0.343 e. The molecule has 0 bridgehead atoms. The Hall–Kier alpha value is -2.82. The Morgan fingerprint density at radius 3 is 2.14 bits per heavy atom. The maximum absolute atomic E-state index is 12.0. The fraction of sp³-hybridized carbons (Fsp3) is 0.125. The Morgan fingerprint density at radius 2 is 1.57 bits per heavy atom. The van der Waals surface area contributed by atoms with Crippen molar-refractivity contribution in [1.29, 1.82) is 0 Å². The van der Waals surface area contributed by atoms with Crippen molar-refractivity contribution in [3.63, 3.8) is 0 Å². The first-order chi connectivity index (χ1) is 10.0. The molecular formula is C16H14O5. The van der Waals surface area contributed by atoms with Crippen molar-refractivity contribution in [2.75, 3.05) is 7.11 Å². The van der Waals surface area contributed by atoms with Crippen LogP contribution in [0.3, 0.4) is 0 Å². The van der Waals surface area contributed by atoms with Crippen LogP contribution in [0.25, 0.3) is 0 Å². The largest absolute Gasteiger partial charge is 0.508 e. The molecule has 0 fully saturated rings. The van der Waals surface area contributed by atoms with Crippen molar-refractivity contribution in [3.8, 4) is 17.2 Å². The quantitative estimate of drug-likeness (QED) is 0.531. The van der Waals surface area contributed by atoms with Crippen molar-refractivity contribution in [3.05, 3.63) is 53.6 Å². The van der Waals surface area contributed by atoms with Crippen LogP contribution in [0, 0.1) is 0 Å². The van der Waals surface area contributed by atoms with Crippen molar-refractivity contribution in [2.24, 2.45) is 0 Å². The molecule has 0 aromatic heterocycles. The minimum Gasteiger partial charge on any atom is -0.508 e. The number of esters is 1. The first-order valence-corrected chi connectivity index (χ1v) is 6.21. The molecule has 2 aromatic rings. The highest BCUT2D eigenvalue weighted by molar-refractivity contribution is 5.95. The summed E-state index contributed by atoms with van der Waals surface area (Å²) < 4.78 is 10.4. The molecule has 2 rings (SSSR count). The van der Waals surface area contributed by atoms with E-state index in [4.69, 9.17) is 9.47 Å². The van der Waals surface area contributed by atoms with E-state index in [9.17, 15) is 14.7 Å². The summed E-state index contributed by atoms with van der Waals surface area (Å²) in [6.07, 6.45) is 0. The van der Waals surface area contributed by atoms with Crippen LogP contribution in [0.2, 0.25) is 0 Å². The highest BCUT2D eigenvalue weighted by Gasteiger charge is 2.14. The number of carbonyl (C=O) groups is 2. The first-order valence-electron chi connectivity index (χ1n) is 6.21. The minimum absolute atomic E-state index is 0.0648. The third-order valence-corrected chi connectivity index (χ3v) is 2.88. The van der Waals surface area contributed by atoms with E-state index < -0.39 is 5.97 Å². The highest BCUT2D eigenvalue weighted by atomic mass is 16.6. The molecule has 0 aliphatic carbocycles. The van der Waals surface area contributed by atoms with E-state index in [1.165, 1.54) is 50.4 Å². The number of phenolic OH excluding ortho intramolecular Hbond substituents is 1. The minimum atomic E-state index is -0.580. The summed E-state index contributed by atoms with van der Waals surface area (Å²) in [5, 5.41) is 9.19. The Bertz CT molecular complexity index is 674. The normalized spacial score (nSPS) is 10.0. The van der Waals surface area contributed by atoms with Gasteiger partial charge in [-0.2, -0.15) is 0 Å². The van der Waals surface area contributed by atoms with E-state index in [-0.39, 0.29) is 17.3 Å². The molecule has 0 amide bonds. The number of aromatic hydroxyl groups is 1. The molecule has 5 heteroatoms. The zero-order valence-corrected chi connectivity index (χ0v) is 11.6. The topological polar surface area (TPSA) is 72.8 Å². The van der Waals surface area contributed by atoms with Crippen LogP contribution in [0.5, 0.6) is 17.2 Å². The van der Waals surface area contributed by atoms with E-state index in [0.717, 1.165) is 0 Å². The van der Waals surface area contributed by atoms with Crippen LogP contribution in [0.1, 0.15) is 27.6 Å². The Labute approximate surface area is 121 Å². The summed E-state index contributed by atoms with van der Waals surface area (Å²) in [5.74, 6) is -0.0982. The SMILES string of the molecule is COc1cc(C(C)=O)ccc1OC(=O)c1ccc(O)cc1. The summed E-state index contributed by atoms with van der Waals surface area (Å²) in [6.45, 7) is 1.44. The van der Waals surface area contributed by atoms with E-state index in [1.54, 1.807) is 6.07 Å². The first kappa shape index (κ1) is 14.6. The second-order valence-electron chi connectivity index (χ2n) is 4.36. The van der Waals surface area contributed by atoms with E-state index in [1.807, 2.05) is 0 Å². The van der Waals surface area contributed by atoms with E-state index in [2.05, 4.69) is 0 Å². The molecule has 0 heterocycles. The number of methoxy groups -OCH3 is 1. The number of ketones is 1. The predicted molar refractivity (Wildman–Crippen MR) is 76.1 cm³/mol. The summed E-state index contributed by atoms with van der Waals surface area (Å²) in [7, 11) is 1.43. The van der Waals surface area contributed by atoms with Gasteiger partial charge in [0.2, 0.25) is 0 Å². The van der Waals surface area contributed by atoms with E-state index >= 15 is 0 Å². The standard InChI is InChI=1S/C16H14O5/c1-10(17)12-5-8-14(15(9-12)20-2)21-16(19)11-3-6-13(18)7-4-11/h3-9,18H,1-2H3. The lowest BCUT2D eigenvalue weighted by atomic mass is 10.1. The third-order valence-electron chi connectivity index (χ3n) is 2.88. The summed E-state index contributed by atoms with van der Waals surface area (Å²) in [6, 6.07) is 10.3. The van der Waals surface area contributed by atoms with Gasteiger partial charge in [-0.05, 0) is 49.4 Å². The number of ether oxygens (including phenoxy) is 2. The third kappa shape index (κ3) is 3.39. The lowest BCUT2D eigenvalue weighted by Crippen LogP contribution is -2.09. The maximum atomic E-state index is 12.0. The second kappa shape index (κ2) is 6.09. The van der Waals surface area contributed by atoms with Gasteiger partial charge in [-0.1, -0.05) is 0 Å². The summed E-state index contributed by atoms with van der Waals surface area (Å²) in [5.41, 5.74) is 0.766. The number of rotatable bonds is 4. The summed E-state index contributed by atoms with van der Waals surface area (Å²) >= 11 is 0. The molecule has 0 saturated heterocycles. The number of Topliss-reactive ketones (excluding diaryl/α,β-unsaturated/α-hetero) is 1. The van der Waals surface area contributed by atoms with Crippen molar-refractivity contribution < 1.29 is 24.2 Å². The molecule has 0 aliphatic heterocycles. The number of carbonyl (C=O) groups excluding carboxylic acids is 2. The van der Waals surface area contributed by atoms with Crippen LogP contribution < -0.4 is 9.47 Å². The monoisotopic (exact) mass is 286 g/mol. The number of benzene rings is 2. The van der Waals surface area contributed by atoms with Crippen molar-refractivity contribution in [2.45, 2.75) is 6.92 Å². The molecule has 1 N–H and O–H groups in total. The predicted octanol–water partition coefficient (Wildman–Crippen LogP) is 2.82. The molecule has 2 aromatic carbocycles. The average molecular weight is 286 g/mol. The molecular weight excluding hydrogens is 272 g/mol. The van der Waals surface area contributed by atoms with Gasteiger partial charge in [0.25, 0.3) is 0 Å². The van der Waals surface area contributed by atoms with Gasteiger partial charge in [0.1, 0.15) is 5.75 Å². The Balaban J connectivity index is 2.24. The fourth-order valence-corrected chi connectivity index (χ4v) is 1.73. The second-order valence-corrected chi connectivity index (χ2v) is 4.36. The van der Waals surface area contributed by atoms with Crippen LogP contribution >= 0.6 is 0 Å². The van der Waals surface area contributed by atoms with E-state index in [0.29, 0.717) is 16.9 Å². The molecule has 0 unspecified atom stereocenters. The highest BCUT2D eigenvalue weighted by Crippen LogP contribution is 2.29. The number of hydrogen-bond acceptors (Lipinski definition) is 5. The van der Waals surface area contributed by atoms with Crippen LogP contribution in [-0.2, 0) is 0 Å². The molecule has 0 spiro atoms. The van der Waals surface area contributed by atoms with Crippen LogP contribution in [0.15, 0.2) is 42.5 Å². The van der Waals surface area contributed by atoms with Crippen LogP contribution in [0.4, 0.5) is 0 Å². The fourth-order valence-electron chi connectivity index (χ4n) is 1.73. The van der Waals surface area contributed by atoms with Gasteiger partial charge >= 0.3 is 5.97 Å². The number of hydrogen-bond donors (Lipinski definition) is 1. The lowest BCUT2D eigenvalue weighted by molar-refractivity contribution is 0.0729. The maximum Gasteiger partial charge on any atom is 0.343 e. The van der Waals surface area contributed by atoms with Gasteiger partial charge in [-0.25, -0.2) is 4.79 Å². The average Bonchev–Trinajstić information content (AvgIpc) is 2.48. The molecule has 21 heavy (non-hydrogen) atoms. The lowest BCUT2D eigenvalue weighted by Gasteiger charge is -2.10. The molecule has 108 valence electrons. The molecule has 0 saturated carbocycles. The van der Waals surface area contributed by atoms with Crippen molar-refractivity contribution >= 4 is 11.8 Å². The van der Waals surface area contributed by atoms with Crippen LogP contribution in [-0.4, -0.2) is 24.0 Å². The zero-order valence-electron chi connectivity index (χ0n) is 11.6.